The first kappa shape index (κ1) is 14.2. The molecule has 2 aromatic rings. The van der Waals surface area contributed by atoms with E-state index in [-0.39, 0.29) is 11.3 Å². The molecule has 0 saturated carbocycles. The van der Waals surface area contributed by atoms with Gasteiger partial charge in [0.2, 0.25) is 10.0 Å². The van der Waals surface area contributed by atoms with E-state index in [2.05, 4.69) is 15.1 Å². The lowest BCUT2D eigenvalue weighted by Crippen LogP contribution is -2.00. The first-order chi connectivity index (χ1) is 9.58. The molecule has 7 heteroatoms. The summed E-state index contributed by atoms with van der Waals surface area (Å²) < 4.78 is 0. The zero-order valence-electron chi connectivity index (χ0n) is 10.1. The fourth-order valence-electron chi connectivity index (χ4n) is 1.41. The Morgan fingerprint density at radius 3 is 2.65 bits per heavy atom. The van der Waals surface area contributed by atoms with Gasteiger partial charge in [0.1, 0.15) is 0 Å². The van der Waals surface area contributed by atoms with Crippen LogP contribution in [0.15, 0.2) is 52.7 Å². The van der Waals surface area contributed by atoms with Crippen LogP contribution in [0.1, 0.15) is 10.4 Å². The third-order valence-corrected chi connectivity index (χ3v) is 2.94. The Kier molecular flexibility index (Phi) is 4.48. The predicted molar refractivity (Wildman–Crippen MR) is 78.3 cm³/mol. The third-order valence-electron chi connectivity index (χ3n) is 2.39. The maximum absolute atomic E-state index is 11.8. The molecule has 2 rings (SSSR count). The van der Waals surface area contributed by atoms with Gasteiger partial charge in [-0.2, -0.15) is 0 Å². The average molecular weight is 308 g/mol. The molecule has 0 spiro atoms. The van der Waals surface area contributed by atoms with Crippen molar-refractivity contribution in [3.63, 3.8) is 0 Å². The van der Waals surface area contributed by atoms with E-state index in [4.69, 9.17) is 28.9 Å². The van der Waals surface area contributed by atoms with Crippen LogP contribution < -0.4 is 10.6 Å². The molecule has 0 bridgehead atoms. The molecular weight excluding hydrogens is 299 g/mol. The van der Waals surface area contributed by atoms with Crippen molar-refractivity contribution in [2.24, 2.45) is 10.2 Å². The topological polar surface area (TPSA) is 81.9 Å². The Balaban J connectivity index is 2.25. The van der Waals surface area contributed by atoms with Crippen molar-refractivity contribution >= 4 is 40.5 Å². The Hall–Kier alpha value is -2.20. The van der Waals surface area contributed by atoms with Crippen molar-refractivity contribution in [3.05, 3.63) is 58.1 Å². The van der Waals surface area contributed by atoms with Crippen molar-refractivity contribution in [3.8, 4) is 0 Å². The minimum Gasteiger partial charge on any atom is -0.398 e. The van der Waals surface area contributed by atoms with Crippen LogP contribution in [0.3, 0.4) is 0 Å². The van der Waals surface area contributed by atoms with E-state index in [0.29, 0.717) is 15.7 Å². The summed E-state index contributed by atoms with van der Waals surface area (Å²) in [5.74, 6) is -0.624. The summed E-state index contributed by atoms with van der Waals surface area (Å²) in [5.41, 5.74) is 6.54. The minimum atomic E-state index is -0.624. The summed E-state index contributed by atoms with van der Waals surface area (Å²) in [6, 6.07) is 11.3. The van der Waals surface area contributed by atoms with Crippen molar-refractivity contribution in [1.82, 2.24) is 4.91 Å². The molecule has 0 aliphatic carbocycles. The summed E-state index contributed by atoms with van der Waals surface area (Å²) in [4.78, 5) is 15.3. The number of carbonyl (C=O) groups is 1. The van der Waals surface area contributed by atoms with E-state index in [1.165, 1.54) is 12.1 Å². The number of anilines is 1. The number of nitrogens with two attached hydrogens (primary N) is 1. The van der Waals surface area contributed by atoms with Gasteiger partial charge in [-0.1, -0.05) is 35.3 Å². The number of nitrogens with zero attached hydrogens (tertiary/aromatic N) is 3. The number of benzene rings is 2. The Morgan fingerprint density at radius 1 is 1.15 bits per heavy atom. The second kappa shape index (κ2) is 6.30. The van der Waals surface area contributed by atoms with Crippen LogP contribution >= 0.6 is 23.2 Å². The fraction of sp³-hybridized carbons (Fsp3) is 0. The lowest BCUT2D eigenvalue weighted by molar-refractivity contribution is 0.0993. The maximum Gasteiger partial charge on any atom is 0.362 e. The lowest BCUT2D eigenvalue weighted by atomic mass is 10.2. The molecule has 2 N–H and O–H groups in total. The molecule has 20 heavy (non-hydrogen) atoms. The van der Waals surface area contributed by atoms with Crippen LogP contribution in [0.25, 0.3) is 0 Å². The molecule has 2 aromatic carbocycles. The maximum atomic E-state index is 11.8. The highest BCUT2D eigenvalue weighted by Crippen LogP contribution is 2.22. The van der Waals surface area contributed by atoms with E-state index in [9.17, 15) is 4.79 Å². The van der Waals surface area contributed by atoms with E-state index >= 15 is 0 Å². The fourth-order valence-corrected chi connectivity index (χ4v) is 1.76. The molecular formula is C13H9Cl2N4O+. The highest BCUT2D eigenvalue weighted by Gasteiger charge is 2.14. The second-order valence-electron chi connectivity index (χ2n) is 3.78. The summed E-state index contributed by atoms with van der Waals surface area (Å²) in [6.07, 6.45) is 0. The monoisotopic (exact) mass is 307 g/mol. The number of hydrogen-bond donors (Lipinski definition) is 1. The first-order valence-corrected chi connectivity index (χ1v) is 6.29. The summed E-state index contributed by atoms with van der Waals surface area (Å²) in [7, 11) is 0. The van der Waals surface area contributed by atoms with Crippen molar-refractivity contribution < 1.29 is 4.79 Å². The molecule has 0 atom stereocenters. The quantitative estimate of drug-likeness (QED) is 0.516. The van der Waals surface area contributed by atoms with Gasteiger partial charge in [0, 0.05) is 10.7 Å². The Bertz CT molecular complexity index is 724. The smallest absolute Gasteiger partial charge is 0.362 e. The van der Waals surface area contributed by atoms with Gasteiger partial charge in [0.25, 0.3) is 0 Å². The van der Waals surface area contributed by atoms with Gasteiger partial charge in [-0.05, 0) is 30.3 Å². The average Bonchev–Trinajstić information content (AvgIpc) is 2.43. The van der Waals surface area contributed by atoms with Gasteiger partial charge in [0.15, 0.2) is 10.8 Å². The van der Waals surface area contributed by atoms with E-state index in [1.54, 1.807) is 30.3 Å². The van der Waals surface area contributed by atoms with E-state index in [1.807, 2.05) is 0 Å². The largest absolute Gasteiger partial charge is 0.398 e. The zero-order valence-corrected chi connectivity index (χ0v) is 11.6. The molecule has 0 radical (unpaired) electrons. The third kappa shape index (κ3) is 3.42. The normalized spacial score (nSPS) is 9.70. The van der Waals surface area contributed by atoms with Crippen LogP contribution in [0.2, 0.25) is 10.0 Å². The molecule has 0 aliphatic rings. The van der Waals surface area contributed by atoms with Crippen LogP contribution in [-0.4, -0.2) is 5.91 Å². The van der Waals surface area contributed by atoms with Crippen LogP contribution in [0, 0.1) is 0 Å². The SMILES string of the molecule is Nc1ccc(Cl)cc1C(=O)N=[N+]=Nc1ccccc1Cl. The van der Waals surface area contributed by atoms with E-state index in [0.717, 1.165) is 0 Å². The van der Waals surface area contributed by atoms with Gasteiger partial charge in [0.05, 0.1) is 10.6 Å². The first-order valence-electron chi connectivity index (χ1n) is 5.53. The molecule has 5 nitrogen and oxygen atoms in total. The highest BCUT2D eigenvalue weighted by atomic mass is 35.5. The Labute approximate surface area is 124 Å². The van der Waals surface area contributed by atoms with Gasteiger partial charge in [-0.25, -0.2) is 0 Å². The van der Waals surface area contributed by atoms with E-state index < -0.39 is 5.91 Å². The summed E-state index contributed by atoms with van der Waals surface area (Å²) in [6.45, 7) is 0. The number of rotatable bonds is 2. The molecule has 0 unspecified atom stereocenters. The van der Waals surface area contributed by atoms with Crippen LogP contribution in [0.4, 0.5) is 11.4 Å². The minimum absolute atomic E-state index is 0.176. The predicted octanol–water partition coefficient (Wildman–Crippen LogP) is 4.02. The number of nitrogen functional groups attached to an aromatic ring is 1. The van der Waals surface area contributed by atoms with Gasteiger partial charge in [-0.15, -0.1) is 0 Å². The van der Waals surface area contributed by atoms with Crippen molar-refractivity contribution in [1.29, 1.82) is 0 Å². The zero-order chi connectivity index (χ0) is 14.5. The highest BCUT2D eigenvalue weighted by molar-refractivity contribution is 6.33. The van der Waals surface area contributed by atoms with Crippen molar-refractivity contribution in [2.45, 2.75) is 0 Å². The lowest BCUT2D eigenvalue weighted by Gasteiger charge is -1.97. The second-order valence-corrected chi connectivity index (χ2v) is 4.62. The number of amides is 1. The van der Waals surface area contributed by atoms with Gasteiger partial charge < -0.3 is 5.73 Å². The Morgan fingerprint density at radius 2 is 1.90 bits per heavy atom. The molecule has 0 aliphatic heterocycles. The summed E-state index contributed by atoms with van der Waals surface area (Å²) in [5, 5.41) is 8.02. The molecule has 100 valence electrons. The van der Waals surface area contributed by atoms with Crippen LogP contribution in [-0.2, 0) is 0 Å². The van der Waals surface area contributed by atoms with Gasteiger partial charge >= 0.3 is 5.91 Å². The molecule has 0 saturated heterocycles. The molecule has 0 fully saturated rings. The number of halogens is 2. The molecule has 0 aromatic heterocycles. The van der Waals surface area contributed by atoms with Gasteiger partial charge in [-0.3, -0.25) is 4.79 Å². The number of hydrogen-bond acceptors (Lipinski definition) is 3. The number of carbonyl (C=O) groups excluding carboxylic acids is 1. The molecule has 0 heterocycles. The van der Waals surface area contributed by atoms with Crippen LogP contribution in [0.5, 0.6) is 0 Å². The van der Waals surface area contributed by atoms with Crippen molar-refractivity contribution in [2.75, 3.05) is 5.73 Å². The standard InChI is InChI=1S/C13H8Cl2N4O/c14-8-5-6-11(16)9(7-8)13(20)18-19-17-12-4-2-1-3-10(12)15/h1-7H,(H-,16,20)/p+1. The molecule has 1 amide bonds. The summed E-state index contributed by atoms with van der Waals surface area (Å²) >= 11 is 11.7.